The summed E-state index contributed by atoms with van der Waals surface area (Å²) in [6.07, 6.45) is 0.0278. The molecular formula is C11H20N4O2. The van der Waals surface area contributed by atoms with Crippen molar-refractivity contribution < 1.29 is 9.59 Å². The molecule has 0 spiro atoms. The van der Waals surface area contributed by atoms with Crippen LogP contribution in [0, 0.1) is 0 Å². The Labute approximate surface area is 101 Å². The third-order valence-corrected chi connectivity index (χ3v) is 3.24. The molecule has 2 aliphatic rings. The second-order valence-corrected chi connectivity index (χ2v) is 4.44. The highest BCUT2D eigenvalue weighted by molar-refractivity contribution is 5.97. The molecule has 2 fully saturated rings. The Balaban J connectivity index is 1.78. The third-order valence-electron chi connectivity index (χ3n) is 3.24. The van der Waals surface area contributed by atoms with Crippen LogP contribution in [-0.2, 0) is 9.59 Å². The van der Waals surface area contributed by atoms with E-state index in [1.165, 1.54) is 0 Å². The summed E-state index contributed by atoms with van der Waals surface area (Å²) in [5.41, 5.74) is 0. The normalized spacial score (nSPS) is 21.4. The number of nitrogens with one attached hydrogen (secondary N) is 2. The summed E-state index contributed by atoms with van der Waals surface area (Å²) in [7, 11) is 0. The van der Waals surface area contributed by atoms with E-state index in [9.17, 15) is 9.59 Å². The minimum Gasteiger partial charge on any atom is -0.340 e. The quantitative estimate of drug-likeness (QED) is 0.561. The first kappa shape index (κ1) is 12.3. The monoisotopic (exact) mass is 240 g/mol. The van der Waals surface area contributed by atoms with E-state index in [-0.39, 0.29) is 18.2 Å². The summed E-state index contributed by atoms with van der Waals surface area (Å²) < 4.78 is 0. The number of hydrogen-bond donors (Lipinski definition) is 2. The predicted octanol–water partition coefficient (Wildman–Crippen LogP) is -1.76. The highest BCUT2D eigenvalue weighted by Gasteiger charge is 2.23. The van der Waals surface area contributed by atoms with Crippen molar-refractivity contribution >= 4 is 11.8 Å². The fourth-order valence-electron chi connectivity index (χ4n) is 2.18. The van der Waals surface area contributed by atoms with Gasteiger partial charge >= 0.3 is 0 Å². The summed E-state index contributed by atoms with van der Waals surface area (Å²) in [4.78, 5) is 27.3. The van der Waals surface area contributed by atoms with Crippen molar-refractivity contribution in [2.24, 2.45) is 0 Å². The SMILES string of the molecule is O=C(CC(=O)N1CCNCC1)N1CCNCC1. The Morgan fingerprint density at radius 2 is 1.12 bits per heavy atom. The molecule has 0 bridgehead atoms. The maximum absolute atomic E-state index is 11.9. The van der Waals surface area contributed by atoms with E-state index in [2.05, 4.69) is 10.6 Å². The van der Waals surface area contributed by atoms with Gasteiger partial charge in [0, 0.05) is 52.4 Å². The van der Waals surface area contributed by atoms with E-state index in [1.807, 2.05) is 0 Å². The van der Waals surface area contributed by atoms with Gasteiger partial charge < -0.3 is 20.4 Å². The molecule has 0 aliphatic carbocycles. The Kier molecular flexibility index (Phi) is 4.33. The number of rotatable bonds is 2. The van der Waals surface area contributed by atoms with Crippen molar-refractivity contribution in [2.45, 2.75) is 6.42 Å². The average molecular weight is 240 g/mol. The van der Waals surface area contributed by atoms with Gasteiger partial charge in [-0.3, -0.25) is 9.59 Å². The summed E-state index contributed by atoms with van der Waals surface area (Å²) >= 11 is 0. The second-order valence-electron chi connectivity index (χ2n) is 4.44. The van der Waals surface area contributed by atoms with Crippen molar-refractivity contribution in [3.8, 4) is 0 Å². The third kappa shape index (κ3) is 3.41. The molecule has 2 aliphatic heterocycles. The Morgan fingerprint density at radius 1 is 0.765 bits per heavy atom. The Hall–Kier alpha value is -1.14. The van der Waals surface area contributed by atoms with Crippen molar-refractivity contribution in [2.75, 3.05) is 52.4 Å². The first-order chi connectivity index (χ1) is 8.27. The first-order valence-corrected chi connectivity index (χ1v) is 6.24. The fraction of sp³-hybridized carbons (Fsp3) is 0.818. The lowest BCUT2D eigenvalue weighted by atomic mass is 10.2. The minimum atomic E-state index is -0.0324. The molecule has 2 amide bonds. The van der Waals surface area contributed by atoms with E-state index < -0.39 is 0 Å². The summed E-state index contributed by atoms with van der Waals surface area (Å²) in [6, 6.07) is 0. The molecule has 0 aromatic rings. The predicted molar refractivity (Wildman–Crippen MR) is 63.5 cm³/mol. The van der Waals surface area contributed by atoms with Gasteiger partial charge in [-0.05, 0) is 0 Å². The minimum absolute atomic E-state index is 0.0278. The van der Waals surface area contributed by atoms with Crippen molar-refractivity contribution in [1.29, 1.82) is 0 Å². The molecule has 6 nitrogen and oxygen atoms in total. The van der Waals surface area contributed by atoms with Crippen LogP contribution in [0.2, 0.25) is 0 Å². The molecular weight excluding hydrogens is 220 g/mol. The molecule has 96 valence electrons. The van der Waals surface area contributed by atoms with Gasteiger partial charge in [0.05, 0.1) is 0 Å². The van der Waals surface area contributed by atoms with Crippen LogP contribution in [0.25, 0.3) is 0 Å². The highest BCUT2D eigenvalue weighted by Crippen LogP contribution is 2.02. The zero-order chi connectivity index (χ0) is 12.1. The molecule has 2 rings (SSSR count). The van der Waals surface area contributed by atoms with Crippen LogP contribution in [0.5, 0.6) is 0 Å². The molecule has 0 aromatic heterocycles. The Bertz CT molecular complexity index is 255. The van der Waals surface area contributed by atoms with Crippen LogP contribution in [-0.4, -0.2) is 74.0 Å². The van der Waals surface area contributed by atoms with E-state index in [0.29, 0.717) is 26.2 Å². The van der Waals surface area contributed by atoms with Gasteiger partial charge in [-0.15, -0.1) is 0 Å². The molecule has 17 heavy (non-hydrogen) atoms. The number of amides is 2. The van der Waals surface area contributed by atoms with Crippen molar-refractivity contribution in [3.63, 3.8) is 0 Å². The topological polar surface area (TPSA) is 64.7 Å². The van der Waals surface area contributed by atoms with E-state index in [4.69, 9.17) is 0 Å². The van der Waals surface area contributed by atoms with Gasteiger partial charge in [-0.1, -0.05) is 0 Å². The van der Waals surface area contributed by atoms with Crippen molar-refractivity contribution in [3.05, 3.63) is 0 Å². The summed E-state index contributed by atoms with van der Waals surface area (Å²) in [5.74, 6) is -0.0648. The molecule has 0 saturated carbocycles. The molecule has 0 radical (unpaired) electrons. The van der Waals surface area contributed by atoms with Gasteiger partial charge in [0.15, 0.2) is 0 Å². The zero-order valence-electron chi connectivity index (χ0n) is 10.1. The molecule has 0 aromatic carbocycles. The van der Waals surface area contributed by atoms with Crippen LogP contribution in [0.3, 0.4) is 0 Å². The molecule has 0 atom stereocenters. The number of nitrogens with zero attached hydrogens (tertiary/aromatic N) is 2. The maximum atomic E-state index is 11.9. The molecule has 2 saturated heterocycles. The van der Waals surface area contributed by atoms with Gasteiger partial charge in [0.2, 0.25) is 11.8 Å². The number of carbonyl (C=O) groups excluding carboxylic acids is 2. The van der Waals surface area contributed by atoms with Crippen LogP contribution >= 0.6 is 0 Å². The van der Waals surface area contributed by atoms with Crippen LogP contribution in [0.15, 0.2) is 0 Å². The van der Waals surface area contributed by atoms with E-state index >= 15 is 0 Å². The largest absolute Gasteiger partial charge is 0.340 e. The fourth-order valence-corrected chi connectivity index (χ4v) is 2.18. The maximum Gasteiger partial charge on any atom is 0.232 e. The summed E-state index contributed by atoms with van der Waals surface area (Å²) in [6.45, 7) is 6.17. The smallest absolute Gasteiger partial charge is 0.232 e. The van der Waals surface area contributed by atoms with Gasteiger partial charge in [0.1, 0.15) is 6.42 Å². The zero-order valence-corrected chi connectivity index (χ0v) is 10.1. The number of carbonyl (C=O) groups is 2. The first-order valence-electron chi connectivity index (χ1n) is 6.24. The lowest BCUT2D eigenvalue weighted by Gasteiger charge is -2.30. The lowest BCUT2D eigenvalue weighted by Crippen LogP contribution is -2.50. The second kappa shape index (κ2) is 5.97. The summed E-state index contributed by atoms with van der Waals surface area (Å²) in [5, 5.41) is 6.38. The van der Waals surface area contributed by atoms with Crippen LogP contribution in [0.1, 0.15) is 6.42 Å². The Morgan fingerprint density at radius 3 is 1.47 bits per heavy atom. The highest BCUT2D eigenvalue weighted by atomic mass is 16.2. The van der Waals surface area contributed by atoms with Gasteiger partial charge in [-0.25, -0.2) is 0 Å². The van der Waals surface area contributed by atoms with Crippen molar-refractivity contribution in [1.82, 2.24) is 20.4 Å². The van der Waals surface area contributed by atoms with Gasteiger partial charge in [0.25, 0.3) is 0 Å². The van der Waals surface area contributed by atoms with Gasteiger partial charge in [-0.2, -0.15) is 0 Å². The lowest BCUT2D eigenvalue weighted by molar-refractivity contribution is -0.141. The molecule has 0 unspecified atom stereocenters. The number of hydrogen-bond acceptors (Lipinski definition) is 4. The molecule has 2 N–H and O–H groups in total. The molecule has 2 heterocycles. The molecule has 6 heteroatoms. The average Bonchev–Trinajstić information content (AvgIpc) is 2.40. The van der Waals surface area contributed by atoms with Crippen LogP contribution in [0.4, 0.5) is 0 Å². The number of piperazine rings is 2. The standard InChI is InChI=1S/C11H20N4O2/c16-10(14-5-1-12-2-6-14)9-11(17)15-7-3-13-4-8-15/h12-13H,1-9H2. The van der Waals surface area contributed by atoms with E-state index in [0.717, 1.165) is 26.2 Å². The van der Waals surface area contributed by atoms with E-state index in [1.54, 1.807) is 9.80 Å². The van der Waals surface area contributed by atoms with Crippen LogP contribution < -0.4 is 10.6 Å².